The third-order valence-electron chi connectivity index (χ3n) is 3.43. The molecule has 1 aromatic carbocycles. The quantitative estimate of drug-likeness (QED) is 0.731. The number of hydrogen-bond acceptors (Lipinski definition) is 5. The minimum atomic E-state index is -3.70. The number of carbonyl (C=O) groups is 1. The van der Waals surface area contributed by atoms with Crippen LogP contribution in [0.3, 0.4) is 0 Å². The van der Waals surface area contributed by atoms with E-state index in [9.17, 15) is 13.2 Å². The standard InChI is InChI=1S/C18H22N2O4S2/c1-5-24-16-10-7-14(12-17(16)26(22,23)20(3)4)19-18(21)11-9-15-8-6-13(2)25-15/h6-12H,5H2,1-4H3,(H,19,21)/b11-9+. The van der Waals surface area contributed by atoms with Crippen LogP contribution in [0.5, 0.6) is 5.75 Å². The second-order valence-corrected chi connectivity index (χ2v) is 9.09. The Kier molecular flexibility index (Phi) is 6.57. The third-order valence-corrected chi connectivity index (χ3v) is 6.23. The molecule has 1 N–H and O–H groups in total. The van der Waals surface area contributed by atoms with Crippen molar-refractivity contribution in [3.63, 3.8) is 0 Å². The van der Waals surface area contributed by atoms with Gasteiger partial charge in [0.05, 0.1) is 6.61 Å². The highest BCUT2D eigenvalue weighted by molar-refractivity contribution is 7.89. The van der Waals surface area contributed by atoms with Gasteiger partial charge in [0.2, 0.25) is 15.9 Å². The summed E-state index contributed by atoms with van der Waals surface area (Å²) in [7, 11) is -0.807. The van der Waals surface area contributed by atoms with Crippen LogP contribution >= 0.6 is 11.3 Å². The molecule has 0 fully saturated rings. The van der Waals surface area contributed by atoms with Crippen molar-refractivity contribution in [1.82, 2.24) is 4.31 Å². The number of benzene rings is 1. The molecule has 0 unspecified atom stereocenters. The van der Waals surface area contributed by atoms with Crippen LogP contribution in [-0.4, -0.2) is 39.3 Å². The molecule has 0 saturated carbocycles. The number of ether oxygens (including phenoxy) is 1. The summed E-state index contributed by atoms with van der Waals surface area (Å²) in [6.07, 6.45) is 3.14. The van der Waals surface area contributed by atoms with E-state index in [0.29, 0.717) is 12.3 Å². The first kappa shape index (κ1) is 20.2. The van der Waals surface area contributed by atoms with E-state index in [1.54, 1.807) is 36.5 Å². The molecule has 1 heterocycles. The van der Waals surface area contributed by atoms with E-state index in [1.165, 1.54) is 26.2 Å². The first-order valence-electron chi connectivity index (χ1n) is 7.99. The predicted octanol–water partition coefficient (Wildman–Crippen LogP) is 3.36. The van der Waals surface area contributed by atoms with E-state index in [-0.39, 0.29) is 16.6 Å². The molecule has 0 bridgehead atoms. The van der Waals surface area contributed by atoms with Crippen molar-refractivity contribution in [2.45, 2.75) is 18.7 Å². The number of sulfonamides is 1. The molecule has 0 aliphatic heterocycles. The van der Waals surface area contributed by atoms with E-state index >= 15 is 0 Å². The number of nitrogens with zero attached hydrogens (tertiary/aromatic N) is 1. The minimum Gasteiger partial charge on any atom is -0.492 e. The summed E-state index contributed by atoms with van der Waals surface area (Å²) in [6, 6.07) is 8.47. The molecule has 2 rings (SSSR count). The van der Waals surface area contributed by atoms with Gasteiger partial charge in [0.25, 0.3) is 0 Å². The summed E-state index contributed by atoms with van der Waals surface area (Å²) in [5, 5.41) is 2.68. The number of amides is 1. The first-order chi connectivity index (χ1) is 12.2. The Morgan fingerprint density at radius 1 is 1.27 bits per heavy atom. The van der Waals surface area contributed by atoms with Crippen molar-refractivity contribution in [1.29, 1.82) is 0 Å². The molecule has 8 heteroatoms. The van der Waals surface area contributed by atoms with Crippen LogP contribution in [0.1, 0.15) is 16.7 Å². The molecule has 0 aliphatic carbocycles. The molecule has 0 atom stereocenters. The fourth-order valence-electron chi connectivity index (χ4n) is 2.14. The van der Waals surface area contributed by atoms with Crippen LogP contribution in [-0.2, 0) is 14.8 Å². The van der Waals surface area contributed by atoms with Crippen molar-refractivity contribution in [3.05, 3.63) is 46.2 Å². The molecule has 0 saturated heterocycles. The molecule has 140 valence electrons. The lowest BCUT2D eigenvalue weighted by Crippen LogP contribution is -2.23. The Morgan fingerprint density at radius 2 is 2.00 bits per heavy atom. The Morgan fingerprint density at radius 3 is 2.58 bits per heavy atom. The maximum atomic E-state index is 12.5. The van der Waals surface area contributed by atoms with Crippen molar-refractivity contribution in [2.75, 3.05) is 26.0 Å². The Labute approximate surface area is 158 Å². The normalized spacial score (nSPS) is 11.9. The molecule has 1 amide bonds. The lowest BCUT2D eigenvalue weighted by Gasteiger charge is -2.16. The highest BCUT2D eigenvalue weighted by atomic mass is 32.2. The van der Waals surface area contributed by atoms with E-state index in [1.807, 2.05) is 19.1 Å². The van der Waals surface area contributed by atoms with Crippen LogP contribution in [0.25, 0.3) is 6.08 Å². The molecule has 1 aromatic heterocycles. The van der Waals surface area contributed by atoms with Crippen molar-refractivity contribution >= 4 is 39.0 Å². The second-order valence-electron chi connectivity index (χ2n) is 5.65. The van der Waals surface area contributed by atoms with Gasteiger partial charge in [-0.15, -0.1) is 11.3 Å². The van der Waals surface area contributed by atoms with Crippen molar-refractivity contribution < 1.29 is 17.9 Å². The lowest BCUT2D eigenvalue weighted by atomic mass is 10.3. The summed E-state index contributed by atoms with van der Waals surface area (Å²) < 4.78 is 31.5. The number of aryl methyl sites for hydroxylation is 1. The van der Waals surface area contributed by atoms with Gasteiger partial charge in [-0.2, -0.15) is 0 Å². The zero-order valence-corrected chi connectivity index (χ0v) is 16.8. The van der Waals surface area contributed by atoms with Crippen molar-refractivity contribution in [3.8, 4) is 5.75 Å². The molecular formula is C18H22N2O4S2. The molecule has 2 aromatic rings. The van der Waals surface area contributed by atoms with Crippen molar-refractivity contribution in [2.24, 2.45) is 0 Å². The third kappa shape index (κ3) is 4.94. The predicted molar refractivity (Wildman–Crippen MR) is 105 cm³/mol. The fourth-order valence-corrected chi connectivity index (χ4v) is 3.97. The van der Waals surface area contributed by atoms with E-state index in [2.05, 4.69) is 5.32 Å². The van der Waals surface area contributed by atoms with Gasteiger partial charge in [-0.25, -0.2) is 12.7 Å². The van der Waals surface area contributed by atoms with Crippen LogP contribution in [0.4, 0.5) is 5.69 Å². The number of carbonyl (C=O) groups excluding carboxylic acids is 1. The number of hydrogen-bond donors (Lipinski definition) is 1. The average molecular weight is 395 g/mol. The SMILES string of the molecule is CCOc1ccc(NC(=O)/C=C/c2ccc(C)s2)cc1S(=O)(=O)N(C)C. The number of anilines is 1. The van der Waals surface area contributed by atoms with Gasteiger partial charge < -0.3 is 10.1 Å². The monoisotopic (exact) mass is 394 g/mol. The van der Waals surface area contributed by atoms with Gasteiger partial charge in [-0.1, -0.05) is 0 Å². The smallest absolute Gasteiger partial charge is 0.248 e. The molecular weight excluding hydrogens is 372 g/mol. The summed E-state index contributed by atoms with van der Waals surface area (Å²) >= 11 is 1.58. The van der Waals surface area contributed by atoms with Crippen LogP contribution in [0.2, 0.25) is 0 Å². The van der Waals surface area contributed by atoms with Gasteiger partial charge in [0, 0.05) is 35.6 Å². The van der Waals surface area contributed by atoms with Gasteiger partial charge in [-0.3, -0.25) is 4.79 Å². The largest absolute Gasteiger partial charge is 0.492 e. The van der Waals surface area contributed by atoms with E-state index < -0.39 is 10.0 Å². The van der Waals surface area contributed by atoms with E-state index in [4.69, 9.17) is 4.74 Å². The van der Waals surface area contributed by atoms with Gasteiger partial charge >= 0.3 is 0 Å². The van der Waals surface area contributed by atoms with Gasteiger partial charge in [0.1, 0.15) is 10.6 Å². The summed E-state index contributed by atoms with van der Waals surface area (Å²) in [4.78, 5) is 14.3. The fraction of sp³-hybridized carbons (Fsp3) is 0.278. The minimum absolute atomic E-state index is 0.0139. The zero-order valence-electron chi connectivity index (χ0n) is 15.1. The Bertz CT molecular complexity index is 915. The zero-order chi connectivity index (χ0) is 19.3. The molecule has 26 heavy (non-hydrogen) atoms. The molecule has 6 nitrogen and oxygen atoms in total. The highest BCUT2D eigenvalue weighted by Gasteiger charge is 2.23. The van der Waals surface area contributed by atoms with Gasteiger partial charge in [-0.05, 0) is 50.3 Å². The van der Waals surface area contributed by atoms with Crippen LogP contribution in [0, 0.1) is 6.92 Å². The van der Waals surface area contributed by atoms with E-state index in [0.717, 1.165) is 14.1 Å². The topological polar surface area (TPSA) is 75.7 Å². The molecule has 0 spiro atoms. The van der Waals surface area contributed by atoms with Crippen LogP contribution < -0.4 is 10.1 Å². The lowest BCUT2D eigenvalue weighted by molar-refractivity contribution is -0.111. The maximum absolute atomic E-state index is 12.5. The number of thiophene rings is 1. The average Bonchev–Trinajstić information content (AvgIpc) is 3.00. The summed E-state index contributed by atoms with van der Waals surface area (Å²) in [6.45, 7) is 4.11. The molecule has 0 aliphatic rings. The van der Waals surface area contributed by atoms with Crippen LogP contribution in [0.15, 0.2) is 41.3 Å². The second kappa shape index (κ2) is 8.48. The highest BCUT2D eigenvalue weighted by Crippen LogP contribution is 2.29. The number of rotatable bonds is 7. The number of nitrogens with one attached hydrogen (secondary N) is 1. The van der Waals surface area contributed by atoms with Gasteiger partial charge in [0.15, 0.2) is 0 Å². The Balaban J connectivity index is 2.24. The molecule has 0 radical (unpaired) electrons. The maximum Gasteiger partial charge on any atom is 0.248 e. The Hall–Kier alpha value is -2.16. The summed E-state index contributed by atoms with van der Waals surface area (Å²) in [5.74, 6) is -0.0859. The first-order valence-corrected chi connectivity index (χ1v) is 10.2. The summed E-state index contributed by atoms with van der Waals surface area (Å²) in [5.41, 5.74) is 0.380.